The van der Waals surface area contributed by atoms with Crippen LogP contribution in [-0.2, 0) is 9.53 Å². The quantitative estimate of drug-likeness (QED) is 0.692. The van der Waals surface area contributed by atoms with Gasteiger partial charge in [-0.1, -0.05) is 71.9 Å². The molecule has 0 saturated carbocycles. The van der Waals surface area contributed by atoms with Gasteiger partial charge in [-0.15, -0.1) is 0 Å². The minimum absolute atomic E-state index is 0.134. The lowest BCUT2D eigenvalue weighted by Crippen LogP contribution is -2.42. The molecule has 3 rings (SSSR count). The van der Waals surface area contributed by atoms with E-state index in [2.05, 4.69) is 22.5 Å². The predicted molar refractivity (Wildman–Crippen MR) is 105 cm³/mol. The Balaban J connectivity index is 1.88. The van der Waals surface area contributed by atoms with Gasteiger partial charge in [0.25, 0.3) is 0 Å². The Morgan fingerprint density at radius 2 is 1.88 bits per heavy atom. The number of hydrogen-bond acceptors (Lipinski definition) is 3. The van der Waals surface area contributed by atoms with Gasteiger partial charge < -0.3 is 4.74 Å². The topological polar surface area (TPSA) is 46.6 Å². The van der Waals surface area contributed by atoms with E-state index in [-0.39, 0.29) is 12.5 Å². The van der Waals surface area contributed by atoms with Crippen molar-refractivity contribution in [1.29, 1.82) is 0 Å². The summed E-state index contributed by atoms with van der Waals surface area (Å²) in [5.41, 5.74) is 2.48. The summed E-state index contributed by atoms with van der Waals surface area (Å²) in [6, 6.07) is 16.7. The van der Waals surface area contributed by atoms with E-state index in [1.54, 1.807) is 0 Å². The molecule has 26 heavy (non-hydrogen) atoms. The van der Waals surface area contributed by atoms with Crippen molar-refractivity contribution in [3.05, 3.63) is 76.8 Å². The third-order valence-electron chi connectivity index (χ3n) is 4.64. The lowest BCUT2D eigenvalue weighted by molar-refractivity contribution is -0.130. The molecule has 0 radical (unpaired) electrons. The SMILES string of the molecule is C=C(c1ccccc1)[C@@H]1COC(=O)N1C(=O)[C@H](CC)c1ccc(Br)cc1. The van der Waals surface area contributed by atoms with Crippen molar-refractivity contribution in [1.82, 2.24) is 4.90 Å². The molecule has 0 aliphatic carbocycles. The van der Waals surface area contributed by atoms with E-state index in [4.69, 9.17) is 4.74 Å². The monoisotopic (exact) mass is 413 g/mol. The highest BCUT2D eigenvalue weighted by Gasteiger charge is 2.42. The second-order valence-electron chi connectivity index (χ2n) is 6.20. The average Bonchev–Trinajstić information content (AvgIpc) is 3.05. The fraction of sp³-hybridized carbons (Fsp3) is 0.238. The molecule has 0 N–H and O–H groups in total. The zero-order valence-electron chi connectivity index (χ0n) is 14.5. The van der Waals surface area contributed by atoms with Crippen LogP contribution in [0.5, 0.6) is 0 Å². The Bertz CT molecular complexity index is 817. The van der Waals surface area contributed by atoms with Gasteiger partial charge in [0, 0.05) is 4.47 Å². The minimum Gasteiger partial charge on any atom is -0.446 e. The normalized spacial score (nSPS) is 17.7. The number of carbonyl (C=O) groups is 2. The molecule has 2 atom stereocenters. The van der Waals surface area contributed by atoms with Crippen molar-refractivity contribution in [3.8, 4) is 0 Å². The molecule has 4 nitrogen and oxygen atoms in total. The maximum atomic E-state index is 13.2. The summed E-state index contributed by atoms with van der Waals surface area (Å²) in [6.07, 6.45) is -0.0120. The molecule has 1 aliphatic rings. The van der Waals surface area contributed by atoms with Crippen LogP contribution >= 0.6 is 15.9 Å². The Morgan fingerprint density at radius 3 is 2.50 bits per heavy atom. The summed E-state index contributed by atoms with van der Waals surface area (Å²) in [7, 11) is 0. The highest BCUT2D eigenvalue weighted by atomic mass is 79.9. The van der Waals surface area contributed by atoms with Gasteiger partial charge in [-0.3, -0.25) is 4.79 Å². The molecule has 0 bridgehead atoms. The summed E-state index contributed by atoms with van der Waals surface area (Å²) < 4.78 is 6.13. The number of imide groups is 1. The number of hydrogen-bond donors (Lipinski definition) is 0. The molecular formula is C21H20BrNO3. The number of benzene rings is 2. The molecule has 0 spiro atoms. The molecule has 2 amide bonds. The van der Waals surface area contributed by atoms with Gasteiger partial charge in [-0.2, -0.15) is 0 Å². The predicted octanol–water partition coefficient (Wildman–Crippen LogP) is 5.00. The summed E-state index contributed by atoms with van der Waals surface area (Å²) >= 11 is 3.40. The summed E-state index contributed by atoms with van der Waals surface area (Å²) in [6.45, 7) is 6.18. The molecule has 1 fully saturated rings. The van der Waals surface area contributed by atoms with Crippen LogP contribution in [0.2, 0.25) is 0 Å². The molecule has 2 aromatic rings. The Morgan fingerprint density at radius 1 is 1.23 bits per heavy atom. The lowest BCUT2D eigenvalue weighted by atomic mass is 9.93. The van der Waals surface area contributed by atoms with E-state index in [9.17, 15) is 9.59 Å². The van der Waals surface area contributed by atoms with E-state index in [0.29, 0.717) is 12.0 Å². The van der Waals surface area contributed by atoms with Gasteiger partial charge in [0.2, 0.25) is 5.91 Å². The first-order valence-corrected chi connectivity index (χ1v) is 9.31. The lowest BCUT2D eigenvalue weighted by Gasteiger charge is -2.26. The number of halogens is 1. The van der Waals surface area contributed by atoms with Crippen LogP contribution in [0.15, 0.2) is 65.6 Å². The van der Waals surface area contributed by atoms with Crippen molar-refractivity contribution in [2.24, 2.45) is 0 Å². The van der Waals surface area contributed by atoms with Crippen LogP contribution in [0.4, 0.5) is 4.79 Å². The van der Waals surface area contributed by atoms with E-state index < -0.39 is 18.1 Å². The number of amides is 2. The largest absolute Gasteiger partial charge is 0.446 e. The summed E-state index contributed by atoms with van der Waals surface area (Å²) in [5.74, 6) is -0.653. The van der Waals surface area contributed by atoms with Gasteiger partial charge in [0.1, 0.15) is 12.6 Å². The number of ether oxygens (including phenoxy) is 1. The smallest absolute Gasteiger partial charge is 0.417 e. The van der Waals surface area contributed by atoms with Crippen LogP contribution in [0.3, 0.4) is 0 Å². The van der Waals surface area contributed by atoms with Gasteiger partial charge >= 0.3 is 6.09 Å². The van der Waals surface area contributed by atoms with Crippen LogP contribution in [-0.4, -0.2) is 29.5 Å². The van der Waals surface area contributed by atoms with Crippen molar-refractivity contribution in [2.45, 2.75) is 25.3 Å². The van der Waals surface area contributed by atoms with Crippen LogP contribution in [0.25, 0.3) is 5.57 Å². The maximum Gasteiger partial charge on any atom is 0.417 e. The van der Waals surface area contributed by atoms with Gasteiger partial charge in [-0.25, -0.2) is 9.69 Å². The molecule has 2 aromatic carbocycles. The van der Waals surface area contributed by atoms with Crippen molar-refractivity contribution in [3.63, 3.8) is 0 Å². The second-order valence-corrected chi connectivity index (χ2v) is 7.12. The second kappa shape index (κ2) is 7.87. The zero-order chi connectivity index (χ0) is 18.7. The Labute approximate surface area is 161 Å². The van der Waals surface area contributed by atoms with Crippen molar-refractivity contribution >= 4 is 33.5 Å². The van der Waals surface area contributed by atoms with Crippen molar-refractivity contribution in [2.75, 3.05) is 6.61 Å². The van der Waals surface area contributed by atoms with Crippen molar-refractivity contribution < 1.29 is 14.3 Å². The van der Waals surface area contributed by atoms with E-state index in [1.807, 2.05) is 61.5 Å². The highest BCUT2D eigenvalue weighted by molar-refractivity contribution is 9.10. The molecule has 134 valence electrons. The number of nitrogens with zero attached hydrogens (tertiary/aromatic N) is 1. The van der Waals surface area contributed by atoms with E-state index in [1.165, 1.54) is 4.90 Å². The third kappa shape index (κ3) is 3.58. The number of rotatable bonds is 5. The van der Waals surface area contributed by atoms with Crippen LogP contribution < -0.4 is 0 Å². The first-order chi connectivity index (χ1) is 12.5. The maximum absolute atomic E-state index is 13.2. The molecule has 1 heterocycles. The van der Waals surface area contributed by atoms with E-state index >= 15 is 0 Å². The zero-order valence-corrected chi connectivity index (χ0v) is 16.1. The number of cyclic esters (lactones) is 1. The van der Waals surface area contributed by atoms with Crippen LogP contribution in [0, 0.1) is 0 Å². The number of carbonyl (C=O) groups excluding carboxylic acids is 2. The molecule has 1 saturated heterocycles. The minimum atomic E-state index is -0.604. The molecular weight excluding hydrogens is 394 g/mol. The molecule has 1 aliphatic heterocycles. The molecule has 0 aromatic heterocycles. The first kappa shape index (κ1) is 18.4. The average molecular weight is 414 g/mol. The highest BCUT2D eigenvalue weighted by Crippen LogP contribution is 2.31. The van der Waals surface area contributed by atoms with Gasteiger partial charge in [0.15, 0.2) is 0 Å². The molecule has 5 heteroatoms. The van der Waals surface area contributed by atoms with Crippen LogP contribution in [0.1, 0.15) is 30.4 Å². The summed E-state index contributed by atoms with van der Waals surface area (Å²) in [4.78, 5) is 26.7. The van der Waals surface area contributed by atoms with E-state index in [0.717, 1.165) is 15.6 Å². The van der Waals surface area contributed by atoms with Gasteiger partial charge in [-0.05, 0) is 35.3 Å². The fourth-order valence-corrected chi connectivity index (χ4v) is 3.45. The summed E-state index contributed by atoms with van der Waals surface area (Å²) in [5, 5.41) is 0. The first-order valence-electron chi connectivity index (χ1n) is 8.52. The Hall–Kier alpha value is -2.40. The standard InChI is InChI=1S/C21H20BrNO3/c1-3-18(16-9-11-17(22)12-10-16)20(24)23-19(13-26-21(23)25)14(2)15-7-5-4-6-8-15/h4-12,18-19H,2-3,13H2,1H3/t18-,19+/m1/s1. The Kier molecular flexibility index (Phi) is 5.57. The third-order valence-corrected chi connectivity index (χ3v) is 5.16. The van der Waals surface area contributed by atoms with Gasteiger partial charge in [0.05, 0.1) is 5.92 Å². The molecule has 0 unspecified atom stereocenters. The fourth-order valence-electron chi connectivity index (χ4n) is 3.18.